The summed E-state index contributed by atoms with van der Waals surface area (Å²) in [5.74, 6) is -0.262. The summed E-state index contributed by atoms with van der Waals surface area (Å²) in [6, 6.07) is 8.54. The van der Waals surface area contributed by atoms with Crippen LogP contribution >= 0.6 is 0 Å². The standard InChI is InChI=1S/C14H18N4O2/c1-20-8-7-18-10-12(9-16-18)17-14(19)13(15)11-5-3-2-4-6-11/h2-6,9-10,13H,7-8,15H2,1H3,(H,17,19)/t13-/m0/s1. The van der Waals surface area contributed by atoms with E-state index >= 15 is 0 Å². The van der Waals surface area contributed by atoms with E-state index in [9.17, 15) is 4.79 Å². The molecule has 106 valence electrons. The summed E-state index contributed by atoms with van der Waals surface area (Å²) in [4.78, 5) is 12.0. The van der Waals surface area contributed by atoms with Crippen LogP contribution in [0.4, 0.5) is 5.69 Å². The quantitative estimate of drug-likeness (QED) is 0.828. The molecule has 2 rings (SSSR count). The second-order valence-electron chi connectivity index (χ2n) is 4.36. The van der Waals surface area contributed by atoms with Gasteiger partial charge in [0.25, 0.3) is 0 Å². The predicted octanol–water partition coefficient (Wildman–Crippen LogP) is 1.17. The van der Waals surface area contributed by atoms with Crippen molar-refractivity contribution in [3.63, 3.8) is 0 Å². The lowest BCUT2D eigenvalue weighted by molar-refractivity contribution is -0.117. The molecule has 2 aromatic rings. The first-order chi connectivity index (χ1) is 9.70. The highest BCUT2D eigenvalue weighted by atomic mass is 16.5. The lowest BCUT2D eigenvalue weighted by atomic mass is 10.1. The number of ether oxygens (including phenoxy) is 1. The van der Waals surface area contributed by atoms with Crippen molar-refractivity contribution in [1.29, 1.82) is 0 Å². The normalized spacial score (nSPS) is 12.1. The molecule has 3 N–H and O–H groups in total. The summed E-state index contributed by atoms with van der Waals surface area (Å²) in [7, 11) is 1.63. The molecule has 0 radical (unpaired) electrons. The average molecular weight is 274 g/mol. The molecule has 6 heteroatoms. The SMILES string of the molecule is COCCn1cc(NC(=O)[C@@H](N)c2ccccc2)cn1. The fourth-order valence-corrected chi connectivity index (χ4v) is 1.77. The second kappa shape index (κ2) is 6.83. The highest BCUT2D eigenvalue weighted by molar-refractivity contribution is 5.95. The van der Waals surface area contributed by atoms with Crippen LogP contribution in [0.1, 0.15) is 11.6 Å². The van der Waals surface area contributed by atoms with Gasteiger partial charge in [-0.25, -0.2) is 0 Å². The summed E-state index contributed by atoms with van der Waals surface area (Å²) in [5, 5.41) is 6.87. The fourth-order valence-electron chi connectivity index (χ4n) is 1.77. The number of nitrogens with one attached hydrogen (secondary N) is 1. The Morgan fingerprint density at radius 3 is 2.90 bits per heavy atom. The summed E-state index contributed by atoms with van der Waals surface area (Å²) in [5.41, 5.74) is 7.31. The topological polar surface area (TPSA) is 82.2 Å². The number of carbonyl (C=O) groups is 1. The molecule has 1 heterocycles. The lowest BCUT2D eigenvalue weighted by Crippen LogP contribution is -2.27. The summed E-state index contributed by atoms with van der Waals surface area (Å²) in [6.45, 7) is 1.20. The van der Waals surface area contributed by atoms with Gasteiger partial charge in [-0.2, -0.15) is 5.10 Å². The Morgan fingerprint density at radius 1 is 1.45 bits per heavy atom. The van der Waals surface area contributed by atoms with E-state index in [1.54, 1.807) is 24.2 Å². The number of hydrogen-bond donors (Lipinski definition) is 2. The largest absolute Gasteiger partial charge is 0.383 e. The Hall–Kier alpha value is -2.18. The maximum atomic E-state index is 12.0. The third-order valence-corrected chi connectivity index (χ3v) is 2.87. The molecule has 0 aliphatic carbocycles. The molecule has 0 unspecified atom stereocenters. The van der Waals surface area contributed by atoms with Crippen LogP contribution < -0.4 is 11.1 Å². The van der Waals surface area contributed by atoms with Crippen LogP contribution in [-0.4, -0.2) is 29.4 Å². The van der Waals surface area contributed by atoms with E-state index in [2.05, 4.69) is 10.4 Å². The van der Waals surface area contributed by atoms with Crippen LogP contribution in [0.3, 0.4) is 0 Å². The number of aromatic nitrogens is 2. The van der Waals surface area contributed by atoms with Gasteiger partial charge in [-0.1, -0.05) is 30.3 Å². The minimum Gasteiger partial charge on any atom is -0.383 e. The first kappa shape index (κ1) is 14.2. The Balaban J connectivity index is 1.95. The lowest BCUT2D eigenvalue weighted by Gasteiger charge is -2.11. The highest BCUT2D eigenvalue weighted by Gasteiger charge is 2.16. The number of carbonyl (C=O) groups excluding carboxylic acids is 1. The molecule has 6 nitrogen and oxygen atoms in total. The molecule has 1 amide bonds. The zero-order valence-electron chi connectivity index (χ0n) is 11.3. The Labute approximate surface area is 117 Å². The molecule has 0 saturated heterocycles. The van der Waals surface area contributed by atoms with Gasteiger partial charge in [-0.15, -0.1) is 0 Å². The molecular formula is C14H18N4O2. The Morgan fingerprint density at radius 2 is 2.20 bits per heavy atom. The van der Waals surface area contributed by atoms with Crippen molar-refractivity contribution in [2.24, 2.45) is 5.73 Å². The van der Waals surface area contributed by atoms with E-state index in [-0.39, 0.29) is 5.91 Å². The van der Waals surface area contributed by atoms with E-state index in [0.717, 1.165) is 5.56 Å². The highest BCUT2D eigenvalue weighted by Crippen LogP contribution is 2.13. The summed E-state index contributed by atoms with van der Waals surface area (Å²) >= 11 is 0. The van der Waals surface area contributed by atoms with Crippen molar-refractivity contribution in [1.82, 2.24) is 9.78 Å². The average Bonchev–Trinajstić information content (AvgIpc) is 2.92. The first-order valence-corrected chi connectivity index (χ1v) is 6.33. The maximum Gasteiger partial charge on any atom is 0.245 e. The fraction of sp³-hybridized carbons (Fsp3) is 0.286. The third-order valence-electron chi connectivity index (χ3n) is 2.87. The van der Waals surface area contributed by atoms with Crippen molar-refractivity contribution in [2.75, 3.05) is 19.0 Å². The van der Waals surface area contributed by atoms with Crippen LogP contribution in [-0.2, 0) is 16.1 Å². The predicted molar refractivity (Wildman–Crippen MR) is 76.1 cm³/mol. The number of anilines is 1. The van der Waals surface area contributed by atoms with Gasteiger partial charge in [0.15, 0.2) is 0 Å². The van der Waals surface area contributed by atoms with Gasteiger partial charge in [-0.3, -0.25) is 9.48 Å². The minimum absolute atomic E-state index is 0.262. The third kappa shape index (κ3) is 3.66. The van der Waals surface area contributed by atoms with Gasteiger partial charge >= 0.3 is 0 Å². The van der Waals surface area contributed by atoms with E-state index in [4.69, 9.17) is 10.5 Å². The molecule has 20 heavy (non-hydrogen) atoms. The molecule has 1 aromatic heterocycles. The molecule has 0 fully saturated rings. The first-order valence-electron chi connectivity index (χ1n) is 6.33. The molecule has 1 aromatic carbocycles. The number of hydrogen-bond acceptors (Lipinski definition) is 4. The van der Waals surface area contributed by atoms with Crippen LogP contribution in [0.25, 0.3) is 0 Å². The van der Waals surface area contributed by atoms with Gasteiger partial charge < -0.3 is 15.8 Å². The van der Waals surface area contributed by atoms with Crippen molar-refractivity contribution in [3.05, 3.63) is 48.3 Å². The van der Waals surface area contributed by atoms with Gasteiger partial charge in [0.1, 0.15) is 6.04 Å². The summed E-state index contributed by atoms with van der Waals surface area (Å²) in [6.07, 6.45) is 3.33. The molecule has 0 saturated carbocycles. The molecular weight excluding hydrogens is 256 g/mol. The number of nitrogens with two attached hydrogens (primary N) is 1. The van der Waals surface area contributed by atoms with Crippen molar-refractivity contribution in [3.8, 4) is 0 Å². The molecule has 0 aliphatic heterocycles. The monoisotopic (exact) mass is 274 g/mol. The number of methoxy groups -OCH3 is 1. The van der Waals surface area contributed by atoms with E-state index in [0.29, 0.717) is 18.8 Å². The van der Waals surface area contributed by atoms with Gasteiger partial charge in [0, 0.05) is 13.3 Å². The van der Waals surface area contributed by atoms with E-state index < -0.39 is 6.04 Å². The Kier molecular flexibility index (Phi) is 4.86. The maximum absolute atomic E-state index is 12.0. The van der Waals surface area contributed by atoms with E-state index in [1.807, 2.05) is 30.3 Å². The number of benzene rings is 1. The zero-order valence-corrected chi connectivity index (χ0v) is 11.3. The van der Waals surface area contributed by atoms with Gasteiger partial charge in [0.05, 0.1) is 25.0 Å². The number of amides is 1. The Bertz CT molecular complexity index is 553. The molecule has 0 spiro atoms. The smallest absolute Gasteiger partial charge is 0.245 e. The molecule has 0 bridgehead atoms. The molecule has 0 aliphatic rings. The van der Waals surface area contributed by atoms with Crippen LogP contribution in [0.5, 0.6) is 0 Å². The second-order valence-corrected chi connectivity index (χ2v) is 4.36. The van der Waals surface area contributed by atoms with E-state index in [1.165, 1.54) is 0 Å². The van der Waals surface area contributed by atoms with Crippen LogP contribution in [0, 0.1) is 0 Å². The van der Waals surface area contributed by atoms with Gasteiger partial charge in [-0.05, 0) is 5.56 Å². The summed E-state index contributed by atoms with van der Waals surface area (Å²) < 4.78 is 6.67. The van der Waals surface area contributed by atoms with Crippen molar-refractivity contribution < 1.29 is 9.53 Å². The van der Waals surface area contributed by atoms with Crippen molar-refractivity contribution in [2.45, 2.75) is 12.6 Å². The number of nitrogens with zero attached hydrogens (tertiary/aromatic N) is 2. The minimum atomic E-state index is -0.696. The number of rotatable bonds is 6. The molecule has 1 atom stereocenters. The zero-order chi connectivity index (χ0) is 14.4. The van der Waals surface area contributed by atoms with Crippen LogP contribution in [0.15, 0.2) is 42.7 Å². The van der Waals surface area contributed by atoms with Crippen LogP contribution in [0.2, 0.25) is 0 Å². The van der Waals surface area contributed by atoms with Crippen molar-refractivity contribution >= 4 is 11.6 Å². The van der Waals surface area contributed by atoms with Gasteiger partial charge in [0.2, 0.25) is 5.91 Å².